The number of ether oxygens (including phenoxy) is 2. The molecule has 1 heterocycles. The van der Waals surface area contributed by atoms with Gasteiger partial charge in [-0.1, -0.05) is 30.1 Å². The Hall–Kier alpha value is -1.72. The molecule has 1 saturated heterocycles. The molecule has 0 aromatic heterocycles. The van der Waals surface area contributed by atoms with Gasteiger partial charge in [-0.2, -0.15) is 0 Å². The molecule has 0 aromatic rings. The van der Waals surface area contributed by atoms with Gasteiger partial charge < -0.3 is 40.1 Å². The van der Waals surface area contributed by atoms with Gasteiger partial charge in [0, 0.05) is 6.61 Å². The molecule has 0 radical (unpaired) electrons. The van der Waals surface area contributed by atoms with Gasteiger partial charge in [0.05, 0.1) is 6.61 Å². The summed E-state index contributed by atoms with van der Waals surface area (Å²) in [5, 5.41) is 58.0. The molecule has 0 aliphatic carbocycles. The van der Waals surface area contributed by atoms with E-state index >= 15 is 0 Å². The Morgan fingerprint density at radius 2 is 1.85 bits per heavy atom. The van der Waals surface area contributed by atoms with Crippen molar-refractivity contribution in [2.45, 2.75) is 56.3 Å². The molecule has 6 N–H and O–H groups in total. The van der Waals surface area contributed by atoms with E-state index in [1.165, 1.54) is 6.08 Å². The van der Waals surface area contributed by atoms with Crippen LogP contribution in [0.2, 0.25) is 0 Å². The lowest BCUT2D eigenvalue weighted by Crippen LogP contribution is -2.60. The number of hydrogen-bond donors (Lipinski definition) is 6. The molecule has 8 nitrogen and oxygen atoms in total. The summed E-state index contributed by atoms with van der Waals surface area (Å²) >= 11 is 0. The summed E-state index contributed by atoms with van der Waals surface area (Å²) in [4.78, 5) is 0. The first-order valence-corrected chi connectivity index (χ1v) is 8.50. The van der Waals surface area contributed by atoms with Crippen LogP contribution < -0.4 is 0 Å². The molecule has 1 rings (SSSR count). The van der Waals surface area contributed by atoms with E-state index in [9.17, 15) is 25.5 Å². The summed E-state index contributed by atoms with van der Waals surface area (Å²) < 4.78 is 10.8. The van der Waals surface area contributed by atoms with Crippen LogP contribution in [0.3, 0.4) is 0 Å². The minimum absolute atomic E-state index is 0.111. The van der Waals surface area contributed by atoms with E-state index in [1.54, 1.807) is 25.2 Å². The fourth-order valence-corrected chi connectivity index (χ4v) is 2.22. The second kappa shape index (κ2) is 12.6. The van der Waals surface area contributed by atoms with Crippen LogP contribution in [0, 0.1) is 23.7 Å². The van der Waals surface area contributed by atoms with Gasteiger partial charge in [0.15, 0.2) is 6.29 Å². The molecule has 1 aliphatic heterocycles. The van der Waals surface area contributed by atoms with E-state index in [0.717, 1.165) is 0 Å². The van der Waals surface area contributed by atoms with Crippen LogP contribution in [0.1, 0.15) is 13.3 Å². The Labute approximate surface area is 158 Å². The fraction of sp³-hybridized carbons (Fsp3) is 0.579. The highest BCUT2D eigenvalue weighted by Gasteiger charge is 2.45. The van der Waals surface area contributed by atoms with Gasteiger partial charge in [-0.05, 0) is 31.3 Å². The lowest BCUT2D eigenvalue weighted by molar-refractivity contribution is -0.311. The molecule has 0 spiro atoms. The van der Waals surface area contributed by atoms with Crippen LogP contribution in [-0.4, -0.2) is 86.8 Å². The lowest BCUT2D eigenvalue weighted by Gasteiger charge is -2.40. The van der Waals surface area contributed by atoms with E-state index in [-0.39, 0.29) is 6.61 Å². The van der Waals surface area contributed by atoms with Gasteiger partial charge in [0.25, 0.3) is 0 Å². The van der Waals surface area contributed by atoms with Crippen molar-refractivity contribution in [3.63, 3.8) is 0 Å². The zero-order chi connectivity index (χ0) is 20.2. The SMILES string of the molecule is C/C=C\C#CC#C[C@@H](O)[C@H](/C=C\CCO)O[C@@H]1O[C@H](CO)[C@@H](O)[C@H](O)[C@H]1O. The van der Waals surface area contributed by atoms with E-state index in [4.69, 9.17) is 14.6 Å². The number of aliphatic hydroxyl groups excluding tert-OH is 6. The zero-order valence-electron chi connectivity index (χ0n) is 15.0. The van der Waals surface area contributed by atoms with Crippen molar-refractivity contribution in [2.75, 3.05) is 13.2 Å². The smallest absolute Gasteiger partial charge is 0.187 e. The molecule has 0 bridgehead atoms. The average molecular weight is 382 g/mol. The maximum absolute atomic E-state index is 10.2. The predicted molar refractivity (Wildman–Crippen MR) is 95.9 cm³/mol. The van der Waals surface area contributed by atoms with Gasteiger partial charge in [0.2, 0.25) is 0 Å². The van der Waals surface area contributed by atoms with Gasteiger partial charge in [-0.25, -0.2) is 0 Å². The number of allylic oxidation sites excluding steroid dienone is 2. The van der Waals surface area contributed by atoms with Crippen LogP contribution in [-0.2, 0) is 9.47 Å². The highest BCUT2D eigenvalue weighted by Crippen LogP contribution is 2.23. The Morgan fingerprint density at radius 3 is 2.48 bits per heavy atom. The topological polar surface area (TPSA) is 140 Å². The summed E-state index contributed by atoms with van der Waals surface area (Å²) in [6.07, 6.45) is -3.10. The quantitative estimate of drug-likeness (QED) is 0.221. The van der Waals surface area contributed by atoms with Gasteiger partial charge >= 0.3 is 0 Å². The van der Waals surface area contributed by atoms with Gasteiger partial charge in [-0.3, -0.25) is 0 Å². The molecule has 0 amide bonds. The number of rotatable bonds is 7. The number of hydrogen-bond acceptors (Lipinski definition) is 8. The summed E-state index contributed by atoms with van der Waals surface area (Å²) in [5.41, 5.74) is 0. The molecular weight excluding hydrogens is 356 g/mol. The van der Waals surface area contributed by atoms with Crippen molar-refractivity contribution < 1.29 is 40.1 Å². The summed E-state index contributed by atoms with van der Waals surface area (Å²) in [5.74, 6) is 10.1. The maximum atomic E-state index is 10.2. The largest absolute Gasteiger partial charge is 0.396 e. The highest BCUT2D eigenvalue weighted by atomic mass is 16.7. The van der Waals surface area contributed by atoms with Crippen LogP contribution in [0.4, 0.5) is 0 Å². The Bertz CT molecular complexity index is 607. The third-order valence-electron chi connectivity index (χ3n) is 3.68. The van der Waals surface area contributed by atoms with Crippen molar-refractivity contribution in [1.82, 2.24) is 0 Å². The minimum Gasteiger partial charge on any atom is -0.396 e. The van der Waals surface area contributed by atoms with Crippen molar-refractivity contribution in [3.8, 4) is 23.7 Å². The first-order valence-electron chi connectivity index (χ1n) is 8.50. The Morgan fingerprint density at radius 1 is 1.11 bits per heavy atom. The van der Waals surface area contributed by atoms with Crippen molar-refractivity contribution in [3.05, 3.63) is 24.3 Å². The molecule has 0 aromatic carbocycles. The fourth-order valence-electron chi connectivity index (χ4n) is 2.22. The van der Waals surface area contributed by atoms with E-state index in [1.807, 2.05) is 0 Å². The van der Waals surface area contributed by atoms with Crippen LogP contribution in [0.5, 0.6) is 0 Å². The van der Waals surface area contributed by atoms with Crippen molar-refractivity contribution in [1.29, 1.82) is 0 Å². The summed E-state index contributed by atoms with van der Waals surface area (Å²) in [7, 11) is 0. The molecule has 8 heteroatoms. The molecule has 1 aliphatic rings. The second-order valence-electron chi connectivity index (χ2n) is 5.72. The van der Waals surface area contributed by atoms with Crippen LogP contribution in [0.15, 0.2) is 24.3 Å². The van der Waals surface area contributed by atoms with E-state index in [2.05, 4.69) is 23.7 Å². The summed E-state index contributed by atoms with van der Waals surface area (Å²) in [6.45, 7) is 1.09. The van der Waals surface area contributed by atoms with E-state index < -0.39 is 49.5 Å². The van der Waals surface area contributed by atoms with Crippen LogP contribution >= 0.6 is 0 Å². The Kier molecular flexibility index (Phi) is 10.9. The third-order valence-corrected chi connectivity index (χ3v) is 3.68. The maximum Gasteiger partial charge on any atom is 0.187 e. The van der Waals surface area contributed by atoms with Gasteiger partial charge in [0.1, 0.15) is 36.6 Å². The lowest BCUT2D eigenvalue weighted by atomic mass is 9.99. The molecule has 150 valence electrons. The molecule has 1 fully saturated rings. The third kappa shape index (κ3) is 7.43. The molecule has 27 heavy (non-hydrogen) atoms. The van der Waals surface area contributed by atoms with Crippen LogP contribution in [0.25, 0.3) is 0 Å². The average Bonchev–Trinajstić information content (AvgIpc) is 2.67. The zero-order valence-corrected chi connectivity index (χ0v) is 15.0. The molecule has 7 atom stereocenters. The highest BCUT2D eigenvalue weighted by molar-refractivity contribution is 5.32. The minimum atomic E-state index is -1.61. The number of aliphatic hydroxyl groups is 6. The van der Waals surface area contributed by atoms with Gasteiger partial charge in [-0.15, -0.1) is 0 Å². The standard InChI is InChI=1S/C19H26O8/c1-2-3-4-5-6-9-13(22)14(10-7-8-11-20)26-19-18(25)17(24)16(23)15(12-21)27-19/h2-3,7,10,13-25H,8,11-12H2,1H3/b3-2-,10-7-/t13-,14+,15-,16-,17+,18-,19-/m1/s1. The summed E-state index contributed by atoms with van der Waals surface area (Å²) in [6, 6.07) is 0. The normalized spacial score (nSPS) is 30.4. The first-order chi connectivity index (χ1) is 13.0. The second-order valence-corrected chi connectivity index (χ2v) is 5.72. The molecule has 0 saturated carbocycles. The predicted octanol–water partition coefficient (Wildman–Crippen LogP) is -1.95. The van der Waals surface area contributed by atoms with Crippen molar-refractivity contribution >= 4 is 0 Å². The first kappa shape index (κ1) is 23.3. The van der Waals surface area contributed by atoms with Crippen molar-refractivity contribution in [2.24, 2.45) is 0 Å². The van der Waals surface area contributed by atoms with E-state index in [0.29, 0.717) is 6.42 Å². The molecular formula is C19H26O8. The Balaban J connectivity index is 2.91. The monoisotopic (exact) mass is 382 g/mol. The molecule has 0 unspecified atom stereocenters.